The van der Waals surface area contributed by atoms with Gasteiger partial charge >= 0.3 is 35.9 Å². The fourth-order valence-electron chi connectivity index (χ4n) is 12.3. The smallest absolute Gasteiger partial charge is 0.407 e. The molecule has 416 valence electrons. The third-order valence-corrected chi connectivity index (χ3v) is 16.3. The van der Waals surface area contributed by atoms with E-state index < -0.39 is 138 Å². The van der Waals surface area contributed by atoms with Crippen LogP contribution in [0.3, 0.4) is 0 Å². The topological polar surface area (TPSA) is 266 Å². The van der Waals surface area contributed by atoms with Gasteiger partial charge in [-0.15, -0.1) is 0 Å². The highest BCUT2D eigenvalue weighted by atomic mass is 16.6. The average Bonchev–Trinajstić information content (AvgIpc) is 3.59. The van der Waals surface area contributed by atoms with E-state index >= 15 is 4.79 Å². The number of aliphatic hydroxyl groups excluding tert-OH is 1. The number of carbonyl (C=O) groups excluding carboxylic acids is 8. The minimum Gasteiger partial charge on any atom is -0.461 e. The molecule has 12 atom stereocenters. The zero-order chi connectivity index (χ0) is 56.2. The Morgan fingerprint density at radius 1 is 0.782 bits per heavy atom. The largest absolute Gasteiger partial charge is 0.461 e. The number of hydrogen-bond donors (Lipinski definition) is 4. The number of hydrogen-bond acceptors (Lipinski definition) is 17. The van der Waals surface area contributed by atoms with E-state index in [2.05, 4.69) is 16.7 Å². The number of alkyl carbamates (subject to hydrolysis) is 1. The number of fused-ring (bicyclic) bond motifs is 5. The molecular weight excluding hydrogens is 1010 g/mol. The lowest BCUT2D eigenvalue weighted by Crippen LogP contribution is -2.82. The Labute approximate surface area is 452 Å². The molecule has 3 aromatic rings. The molecule has 3 fully saturated rings. The molecule has 1 saturated heterocycles. The summed E-state index contributed by atoms with van der Waals surface area (Å²) in [6.07, 6.45) is -4.69. The molecule has 0 spiro atoms. The molecular formula is C59H68N2O17. The summed E-state index contributed by atoms with van der Waals surface area (Å²) < 4.78 is 43.0. The summed E-state index contributed by atoms with van der Waals surface area (Å²) in [5, 5.41) is 31.4. The first-order valence-corrected chi connectivity index (χ1v) is 26.4. The van der Waals surface area contributed by atoms with E-state index in [-0.39, 0.29) is 41.3 Å². The van der Waals surface area contributed by atoms with E-state index in [1.807, 2.05) is 6.08 Å². The van der Waals surface area contributed by atoms with Crippen LogP contribution in [0.25, 0.3) is 0 Å². The molecule has 1 heterocycles. The maximum atomic E-state index is 16.3. The summed E-state index contributed by atoms with van der Waals surface area (Å²) in [6.45, 7) is 7.57. The maximum absolute atomic E-state index is 16.3. The predicted molar refractivity (Wildman–Crippen MR) is 277 cm³/mol. The highest BCUT2D eigenvalue weighted by molar-refractivity contribution is 5.96. The molecule has 2 saturated carbocycles. The fraction of sp³-hybridized carbons (Fsp3) is 0.492. The van der Waals surface area contributed by atoms with E-state index in [0.717, 1.165) is 33.1 Å². The number of benzene rings is 3. The molecule has 0 aromatic heterocycles. The van der Waals surface area contributed by atoms with Crippen molar-refractivity contribution in [1.29, 1.82) is 0 Å². The van der Waals surface area contributed by atoms with Crippen molar-refractivity contribution in [2.24, 2.45) is 16.7 Å². The maximum Gasteiger partial charge on any atom is 0.407 e. The molecule has 78 heavy (non-hydrogen) atoms. The fourth-order valence-corrected chi connectivity index (χ4v) is 12.3. The van der Waals surface area contributed by atoms with Crippen molar-refractivity contribution in [2.75, 3.05) is 13.2 Å². The standard InChI is InChI=1S/C59H68N2O17/c1-34-41(75-54(69)47(65)46(37-21-13-10-14-22-37)61-52(67)38-23-15-11-16-24-38)32-59(71)51(77-53(68)39-25-17-12-18-26-39)49-57(6,50(66)48(73-35(2)62)45(34)56(59,4)5)42(31-43-58(49,33-72-43)78-36(3)63)76-44(64)29-30-60-55(70)74-40-27-19-8-7-9-20-28-40/h7-8,10-18,21-26,40-43,46-49,51,65,71H,9,19-20,27-33H2,1-6H3,(H,60,70)(H,61,67)/b8-7+/t40?,41-,42+,43-,46+,47+,48-,49?,51?,57-,58-,59-/m1/s1. The summed E-state index contributed by atoms with van der Waals surface area (Å²) in [7, 11) is 0. The lowest BCUT2D eigenvalue weighted by molar-refractivity contribution is -0.346. The molecule has 1 aliphatic heterocycles. The molecule has 0 radical (unpaired) electrons. The van der Waals surface area contributed by atoms with Gasteiger partial charge in [-0.2, -0.15) is 0 Å². The second-order valence-electron chi connectivity index (χ2n) is 21.5. The van der Waals surface area contributed by atoms with Crippen LogP contribution in [0.4, 0.5) is 4.79 Å². The number of allylic oxidation sites excluding steroid dienone is 2. The van der Waals surface area contributed by atoms with Gasteiger partial charge in [0.2, 0.25) is 0 Å². The number of esters is 5. The predicted octanol–water partition coefficient (Wildman–Crippen LogP) is 6.29. The number of nitrogens with one attached hydrogen (secondary N) is 2. The number of aliphatic hydroxyl groups is 2. The zero-order valence-corrected chi connectivity index (χ0v) is 44.6. The van der Waals surface area contributed by atoms with Crippen molar-refractivity contribution >= 4 is 47.6 Å². The summed E-state index contributed by atoms with van der Waals surface area (Å²) >= 11 is 0. The first-order valence-electron chi connectivity index (χ1n) is 26.4. The van der Waals surface area contributed by atoms with Crippen molar-refractivity contribution in [3.8, 4) is 0 Å². The Morgan fingerprint density at radius 3 is 2.05 bits per heavy atom. The zero-order valence-electron chi connectivity index (χ0n) is 44.6. The molecule has 3 unspecified atom stereocenters. The second-order valence-corrected chi connectivity index (χ2v) is 21.5. The van der Waals surface area contributed by atoms with Crippen molar-refractivity contribution in [3.05, 3.63) is 131 Å². The van der Waals surface area contributed by atoms with Gasteiger partial charge in [-0.25, -0.2) is 14.4 Å². The monoisotopic (exact) mass is 1080 g/mol. The van der Waals surface area contributed by atoms with E-state index in [9.17, 15) is 43.8 Å². The minimum atomic E-state index is -2.51. The Morgan fingerprint density at radius 2 is 1.42 bits per heavy atom. The quantitative estimate of drug-likeness (QED) is 0.0740. The van der Waals surface area contributed by atoms with Crippen LogP contribution in [-0.4, -0.2) is 125 Å². The minimum absolute atomic E-state index is 0.0179. The van der Waals surface area contributed by atoms with Gasteiger partial charge in [0.05, 0.1) is 36.0 Å². The number of ether oxygens (including phenoxy) is 7. The first-order chi connectivity index (χ1) is 37.1. The molecule has 8 rings (SSSR count). The van der Waals surface area contributed by atoms with Crippen LogP contribution < -0.4 is 10.6 Å². The molecule has 2 amide bonds. The van der Waals surface area contributed by atoms with Gasteiger partial charge in [0, 0.05) is 44.2 Å². The lowest BCUT2D eigenvalue weighted by atomic mass is 9.44. The summed E-state index contributed by atoms with van der Waals surface area (Å²) in [4.78, 5) is 113. The molecule has 19 nitrogen and oxygen atoms in total. The summed E-state index contributed by atoms with van der Waals surface area (Å²) in [5.41, 5.74) is -7.75. The van der Waals surface area contributed by atoms with Crippen LogP contribution in [-0.2, 0) is 57.1 Å². The Balaban J connectivity index is 1.21. The molecule has 3 aromatic carbocycles. The van der Waals surface area contributed by atoms with Crippen LogP contribution in [0, 0.1) is 16.7 Å². The molecule has 2 bridgehead atoms. The van der Waals surface area contributed by atoms with Gasteiger partial charge in [0.15, 0.2) is 23.6 Å². The van der Waals surface area contributed by atoms with Crippen LogP contribution in [0.5, 0.6) is 0 Å². The lowest BCUT2D eigenvalue weighted by Gasteiger charge is -2.67. The van der Waals surface area contributed by atoms with Gasteiger partial charge in [-0.1, -0.05) is 92.7 Å². The van der Waals surface area contributed by atoms with Gasteiger partial charge in [-0.05, 0) is 86.9 Å². The van der Waals surface area contributed by atoms with Gasteiger partial charge < -0.3 is 54.0 Å². The highest BCUT2D eigenvalue weighted by Gasteiger charge is 2.79. The highest BCUT2D eigenvalue weighted by Crippen LogP contribution is 2.65. The number of Topliss-reactive ketones (excluding diaryl/α,β-unsaturated/α-hetero) is 1. The van der Waals surface area contributed by atoms with Crippen LogP contribution in [0.15, 0.2) is 114 Å². The Bertz CT molecular complexity index is 2820. The number of rotatable bonds is 15. The van der Waals surface area contributed by atoms with E-state index in [1.54, 1.807) is 92.7 Å². The van der Waals surface area contributed by atoms with Crippen LogP contribution >= 0.6 is 0 Å². The third-order valence-electron chi connectivity index (χ3n) is 16.3. The van der Waals surface area contributed by atoms with Crippen LogP contribution in [0.1, 0.15) is 125 Å². The third kappa shape index (κ3) is 11.2. The van der Waals surface area contributed by atoms with Crippen molar-refractivity contribution < 1.29 is 81.7 Å². The molecule has 4 aliphatic carbocycles. The van der Waals surface area contributed by atoms with E-state index in [4.69, 9.17) is 33.2 Å². The van der Waals surface area contributed by atoms with Crippen LogP contribution in [0.2, 0.25) is 0 Å². The van der Waals surface area contributed by atoms with Gasteiger partial charge in [-0.3, -0.25) is 24.0 Å². The second kappa shape index (κ2) is 23.4. The van der Waals surface area contributed by atoms with Gasteiger partial charge in [0.1, 0.15) is 36.1 Å². The molecule has 4 N–H and O–H groups in total. The number of carbonyl (C=O) groups is 8. The van der Waals surface area contributed by atoms with E-state index in [0.29, 0.717) is 18.4 Å². The number of amides is 2. The summed E-state index contributed by atoms with van der Waals surface area (Å²) in [6, 6.07) is 22.7. The SMILES string of the molecule is CC(=O)O[C@H]1C(=O)[C@@]2(C)C(C(OC(=O)c3ccccc3)[C@]3(O)C[C@@H](OC(=O)[C@@H](O)[C@@H](NC(=O)c4ccccc4)c4ccccc4)C(C)=C1C3(C)C)[C@@]1(OC(C)=O)CO[C@@H]1C[C@@H]2OC(=O)CCNC(=O)OC1CC/C=C/CCC1. The summed E-state index contributed by atoms with van der Waals surface area (Å²) in [5.74, 6) is -8.17. The van der Waals surface area contributed by atoms with Crippen molar-refractivity contribution in [2.45, 2.75) is 153 Å². The first kappa shape index (κ1) is 57.0. The van der Waals surface area contributed by atoms with Crippen molar-refractivity contribution in [1.82, 2.24) is 10.6 Å². The molecule has 5 aliphatic rings. The average molecular weight is 1080 g/mol. The molecule has 19 heteroatoms. The normalized spacial score (nSPS) is 30.2. The van der Waals surface area contributed by atoms with Gasteiger partial charge in [0.25, 0.3) is 5.91 Å². The van der Waals surface area contributed by atoms with Crippen molar-refractivity contribution in [3.63, 3.8) is 0 Å². The van der Waals surface area contributed by atoms with E-state index in [1.165, 1.54) is 26.0 Å². The Hall–Kier alpha value is -7.22. The number of ketones is 1. The Kier molecular flexibility index (Phi) is 17.1.